The summed E-state index contributed by atoms with van der Waals surface area (Å²) in [7, 11) is 1.56. The van der Waals surface area contributed by atoms with E-state index in [4.69, 9.17) is 4.74 Å². The highest BCUT2D eigenvalue weighted by Crippen LogP contribution is 2.38. The van der Waals surface area contributed by atoms with Crippen molar-refractivity contribution in [3.05, 3.63) is 29.6 Å². The van der Waals surface area contributed by atoms with E-state index in [1.54, 1.807) is 7.11 Å². The molecular weight excluding hydrogens is 283 g/mol. The Labute approximate surface area is 110 Å². The van der Waals surface area contributed by atoms with Crippen LogP contribution >= 0.6 is 15.9 Å². The number of rotatable bonds is 2. The third-order valence-electron chi connectivity index (χ3n) is 3.54. The zero-order chi connectivity index (χ0) is 12.3. The summed E-state index contributed by atoms with van der Waals surface area (Å²) < 4.78 is 19.1. The molecule has 0 aliphatic heterocycles. The molecule has 1 fully saturated rings. The average Bonchev–Trinajstić information content (AvgIpc) is 2.54. The number of ether oxygens (including phenoxy) is 1. The molecule has 1 aliphatic carbocycles. The molecule has 0 spiro atoms. The molecule has 0 radical (unpaired) electrons. The lowest BCUT2D eigenvalue weighted by atomic mass is 9.91. The molecule has 0 heterocycles. The average molecular weight is 301 g/mol. The lowest BCUT2D eigenvalue weighted by Gasteiger charge is -2.21. The lowest BCUT2D eigenvalue weighted by Crippen LogP contribution is -2.12. The van der Waals surface area contributed by atoms with E-state index in [0.29, 0.717) is 16.5 Å². The first-order chi connectivity index (χ1) is 8.22. The van der Waals surface area contributed by atoms with Gasteiger partial charge in [-0.3, -0.25) is 0 Å². The van der Waals surface area contributed by atoms with Gasteiger partial charge in [0.1, 0.15) is 11.6 Å². The van der Waals surface area contributed by atoms with Gasteiger partial charge in [-0.25, -0.2) is 4.39 Å². The van der Waals surface area contributed by atoms with Crippen LogP contribution in [0.1, 0.15) is 43.6 Å². The summed E-state index contributed by atoms with van der Waals surface area (Å²) >= 11 is 3.71. The van der Waals surface area contributed by atoms with Crippen LogP contribution < -0.4 is 4.74 Å². The van der Waals surface area contributed by atoms with E-state index >= 15 is 0 Å². The highest BCUT2D eigenvalue weighted by molar-refractivity contribution is 9.09. The third-order valence-corrected chi connectivity index (χ3v) is 4.63. The molecule has 1 saturated carbocycles. The largest absolute Gasteiger partial charge is 0.497 e. The molecule has 0 bridgehead atoms. The molecule has 94 valence electrons. The maximum Gasteiger partial charge on any atom is 0.130 e. The molecule has 3 heteroatoms. The van der Waals surface area contributed by atoms with Gasteiger partial charge < -0.3 is 4.74 Å². The third kappa shape index (κ3) is 3.01. The summed E-state index contributed by atoms with van der Waals surface area (Å²) in [6, 6.07) is 5.21. The van der Waals surface area contributed by atoms with Gasteiger partial charge in [-0.05, 0) is 30.4 Å². The van der Waals surface area contributed by atoms with Gasteiger partial charge in [-0.2, -0.15) is 0 Å². The first kappa shape index (κ1) is 12.9. The van der Waals surface area contributed by atoms with Crippen LogP contribution in [0, 0.1) is 5.82 Å². The predicted octanol–water partition coefficient (Wildman–Crippen LogP) is 4.65. The Balaban J connectivity index is 2.25. The van der Waals surface area contributed by atoms with Crippen molar-refractivity contribution in [1.82, 2.24) is 0 Å². The lowest BCUT2D eigenvalue weighted by molar-refractivity contribution is 0.409. The summed E-state index contributed by atoms with van der Waals surface area (Å²) in [6.07, 6.45) is 5.90. The molecule has 17 heavy (non-hydrogen) atoms. The van der Waals surface area contributed by atoms with Gasteiger partial charge in [-0.15, -0.1) is 0 Å². The Kier molecular flexibility index (Phi) is 4.43. The van der Waals surface area contributed by atoms with E-state index in [1.165, 1.54) is 25.3 Å². The summed E-state index contributed by atoms with van der Waals surface area (Å²) in [5.74, 6) is 0.745. The van der Waals surface area contributed by atoms with Crippen LogP contribution in [0.25, 0.3) is 0 Å². The molecule has 1 aliphatic rings. The van der Waals surface area contributed by atoms with Crippen LogP contribution in [-0.4, -0.2) is 11.9 Å². The molecule has 1 aromatic rings. The Bertz CT molecular complexity index is 380. The van der Waals surface area contributed by atoms with Crippen LogP contribution in [0.3, 0.4) is 0 Å². The van der Waals surface area contributed by atoms with Crippen molar-refractivity contribution in [2.75, 3.05) is 7.11 Å². The summed E-state index contributed by atoms with van der Waals surface area (Å²) in [5.41, 5.74) is 0.828. The maximum absolute atomic E-state index is 14.0. The van der Waals surface area contributed by atoms with E-state index in [2.05, 4.69) is 15.9 Å². The fourth-order valence-electron chi connectivity index (χ4n) is 2.55. The second-order valence-electron chi connectivity index (χ2n) is 4.65. The predicted molar refractivity (Wildman–Crippen MR) is 71.5 cm³/mol. The van der Waals surface area contributed by atoms with Crippen molar-refractivity contribution in [2.24, 2.45) is 0 Å². The van der Waals surface area contributed by atoms with E-state index in [0.717, 1.165) is 18.4 Å². The van der Waals surface area contributed by atoms with Gasteiger partial charge in [-0.1, -0.05) is 41.3 Å². The quantitative estimate of drug-likeness (QED) is 0.571. The van der Waals surface area contributed by atoms with E-state index < -0.39 is 0 Å². The van der Waals surface area contributed by atoms with Gasteiger partial charge in [0.2, 0.25) is 0 Å². The summed E-state index contributed by atoms with van der Waals surface area (Å²) in [6.45, 7) is 0. The van der Waals surface area contributed by atoms with E-state index in [-0.39, 0.29) is 5.82 Å². The molecule has 1 aromatic carbocycles. The van der Waals surface area contributed by atoms with Gasteiger partial charge >= 0.3 is 0 Å². The molecular formula is C14H18BrFO. The number of hydrogen-bond acceptors (Lipinski definition) is 1. The second kappa shape index (κ2) is 5.85. The fraction of sp³-hybridized carbons (Fsp3) is 0.571. The van der Waals surface area contributed by atoms with E-state index in [9.17, 15) is 4.39 Å². The monoisotopic (exact) mass is 300 g/mol. The molecule has 2 atom stereocenters. The van der Waals surface area contributed by atoms with Gasteiger partial charge in [0, 0.05) is 10.9 Å². The minimum absolute atomic E-state index is 0.138. The fourth-order valence-corrected chi connectivity index (χ4v) is 3.42. The SMILES string of the molecule is COc1ccc(C2CCCCCC2Br)c(F)c1. The summed E-state index contributed by atoms with van der Waals surface area (Å²) in [5, 5.41) is 0. The molecule has 0 amide bonds. The zero-order valence-electron chi connectivity index (χ0n) is 10.1. The van der Waals surface area contributed by atoms with Gasteiger partial charge in [0.15, 0.2) is 0 Å². The smallest absolute Gasteiger partial charge is 0.130 e. The Hall–Kier alpha value is -0.570. The number of halogens is 2. The normalized spacial score (nSPS) is 25.4. The number of alkyl halides is 1. The highest BCUT2D eigenvalue weighted by Gasteiger charge is 2.25. The number of hydrogen-bond donors (Lipinski definition) is 0. The van der Waals surface area contributed by atoms with Crippen LogP contribution in [0.15, 0.2) is 18.2 Å². The number of benzene rings is 1. The van der Waals surface area contributed by atoms with Crippen molar-refractivity contribution >= 4 is 15.9 Å². The number of methoxy groups -OCH3 is 1. The van der Waals surface area contributed by atoms with Crippen molar-refractivity contribution < 1.29 is 9.13 Å². The van der Waals surface area contributed by atoms with Crippen molar-refractivity contribution in [1.29, 1.82) is 0 Å². The first-order valence-electron chi connectivity index (χ1n) is 6.20. The minimum Gasteiger partial charge on any atom is -0.497 e. The van der Waals surface area contributed by atoms with Crippen LogP contribution in [0.2, 0.25) is 0 Å². The molecule has 2 rings (SSSR count). The van der Waals surface area contributed by atoms with Crippen LogP contribution in [-0.2, 0) is 0 Å². The van der Waals surface area contributed by atoms with Crippen molar-refractivity contribution in [2.45, 2.75) is 42.8 Å². The summed E-state index contributed by atoms with van der Waals surface area (Å²) in [4.78, 5) is 0.396. The highest BCUT2D eigenvalue weighted by atomic mass is 79.9. The molecule has 0 saturated heterocycles. The molecule has 1 nitrogen and oxygen atoms in total. The molecule has 2 unspecified atom stereocenters. The Morgan fingerprint density at radius 2 is 2.00 bits per heavy atom. The van der Waals surface area contributed by atoms with Gasteiger partial charge in [0.05, 0.1) is 7.11 Å². The molecule has 0 aromatic heterocycles. The van der Waals surface area contributed by atoms with Crippen molar-refractivity contribution in [3.63, 3.8) is 0 Å². The zero-order valence-corrected chi connectivity index (χ0v) is 11.7. The van der Waals surface area contributed by atoms with E-state index in [1.807, 2.05) is 12.1 Å². The van der Waals surface area contributed by atoms with Crippen LogP contribution in [0.4, 0.5) is 4.39 Å². The van der Waals surface area contributed by atoms with Crippen molar-refractivity contribution in [3.8, 4) is 5.75 Å². The second-order valence-corrected chi connectivity index (χ2v) is 5.82. The standard InChI is InChI=1S/C14H18BrFO/c1-17-10-7-8-12(14(16)9-10)11-5-3-2-4-6-13(11)15/h7-9,11,13H,2-6H2,1H3. The Morgan fingerprint density at radius 1 is 1.24 bits per heavy atom. The van der Waals surface area contributed by atoms with Gasteiger partial charge in [0.25, 0.3) is 0 Å². The minimum atomic E-state index is -0.138. The maximum atomic E-state index is 14.0. The molecule has 0 N–H and O–H groups in total. The Morgan fingerprint density at radius 3 is 2.71 bits per heavy atom. The topological polar surface area (TPSA) is 9.23 Å². The van der Waals surface area contributed by atoms with Crippen LogP contribution in [0.5, 0.6) is 5.75 Å². The first-order valence-corrected chi connectivity index (χ1v) is 7.11.